The SMILES string of the molecule is O=C(CCc1ccco1)Nc1ccc2c(c1)NC(=O)CS2. The van der Waals surface area contributed by atoms with Gasteiger partial charge in [0.25, 0.3) is 0 Å². The highest BCUT2D eigenvalue weighted by atomic mass is 32.2. The zero-order chi connectivity index (χ0) is 14.7. The topological polar surface area (TPSA) is 71.3 Å². The molecule has 108 valence electrons. The van der Waals surface area contributed by atoms with Gasteiger partial charge in [0.2, 0.25) is 11.8 Å². The first kappa shape index (κ1) is 13.8. The van der Waals surface area contributed by atoms with E-state index in [4.69, 9.17) is 4.42 Å². The van der Waals surface area contributed by atoms with Gasteiger partial charge >= 0.3 is 0 Å². The highest BCUT2D eigenvalue weighted by Crippen LogP contribution is 2.33. The summed E-state index contributed by atoms with van der Waals surface area (Å²) in [5.74, 6) is 1.12. The molecule has 1 aliphatic rings. The van der Waals surface area contributed by atoms with Crippen molar-refractivity contribution in [3.05, 3.63) is 42.4 Å². The van der Waals surface area contributed by atoms with Crippen molar-refractivity contribution in [1.82, 2.24) is 0 Å². The minimum absolute atomic E-state index is 0.0196. The molecule has 6 heteroatoms. The molecule has 0 bridgehead atoms. The number of rotatable bonds is 4. The third kappa shape index (κ3) is 3.46. The summed E-state index contributed by atoms with van der Waals surface area (Å²) in [6, 6.07) is 9.18. The van der Waals surface area contributed by atoms with Crippen LogP contribution in [0.25, 0.3) is 0 Å². The first-order chi connectivity index (χ1) is 10.2. The minimum Gasteiger partial charge on any atom is -0.469 e. The van der Waals surface area contributed by atoms with E-state index in [1.807, 2.05) is 18.2 Å². The van der Waals surface area contributed by atoms with Crippen LogP contribution in [-0.4, -0.2) is 17.6 Å². The van der Waals surface area contributed by atoms with Crippen molar-refractivity contribution in [2.45, 2.75) is 17.7 Å². The second-order valence-corrected chi connectivity index (χ2v) is 5.69. The number of thioether (sulfide) groups is 1. The standard InChI is InChI=1S/C15H14N2O3S/c18-14(6-4-11-2-1-7-20-11)16-10-3-5-13-12(8-10)17-15(19)9-21-13/h1-3,5,7-8H,4,6,9H2,(H,16,18)(H,17,19). The van der Waals surface area contributed by atoms with Gasteiger partial charge in [-0.05, 0) is 30.3 Å². The van der Waals surface area contributed by atoms with Crippen LogP contribution in [0.4, 0.5) is 11.4 Å². The van der Waals surface area contributed by atoms with E-state index in [1.165, 1.54) is 11.8 Å². The Hall–Kier alpha value is -2.21. The molecule has 2 aromatic rings. The third-order valence-corrected chi connectivity index (χ3v) is 4.15. The van der Waals surface area contributed by atoms with Gasteiger partial charge in [-0.2, -0.15) is 0 Å². The molecule has 2 amide bonds. The van der Waals surface area contributed by atoms with Crippen LogP contribution in [0.2, 0.25) is 0 Å². The van der Waals surface area contributed by atoms with Crippen LogP contribution in [0.1, 0.15) is 12.2 Å². The van der Waals surface area contributed by atoms with E-state index in [9.17, 15) is 9.59 Å². The molecule has 1 aromatic carbocycles. The summed E-state index contributed by atoms with van der Waals surface area (Å²) in [7, 11) is 0. The Labute approximate surface area is 126 Å². The molecule has 5 nitrogen and oxygen atoms in total. The average Bonchev–Trinajstić information content (AvgIpc) is 2.98. The number of nitrogens with one attached hydrogen (secondary N) is 2. The van der Waals surface area contributed by atoms with E-state index in [-0.39, 0.29) is 11.8 Å². The van der Waals surface area contributed by atoms with E-state index in [2.05, 4.69) is 10.6 Å². The molecule has 3 rings (SSSR count). The Balaban J connectivity index is 1.61. The molecule has 1 aromatic heterocycles. The molecule has 0 aliphatic carbocycles. The van der Waals surface area contributed by atoms with Crippen molar-refractivity contribution in [3.63, 3.8) is 0 Å². The maximum absolute atomic E-state index is 11.9. The number of aryl methyl sites for hydroxylation is 1. The van der Waals surface area contributed by atoms with Crippen molar-refractivity contribution in [3.8, 4) is 0 Å². The Bertz CT molecular complexity index is 668. The maximum Gasteiger partial charge on any atom is 0.234 e. The average molecular weight is 302 g/mol. The fourth-order valence-electron chi connectivity index (χ4n) is 2.08. The van der Waals surface area contributed by atoms with Crippen molar-refractivity contribution in [2.75, 3.05) is 16.4 Å². The summed E-state index contributed by atoms with van der Waals surface area (Å²) >= 11 is 1.50. The number of furan rings is 1. The largest absolute Gasteiger partial charge is 0.469 e. The molecule has 2 heterocycles. The quantitative estimate of drug-likeness (QED) is 0.911. The second kappa shape index (κ2) is 6.05. The lowest BCUT2D eigenvalue weighted by Crippen LogP contribution is -2.19. The van der Waals surface area contributed by atoms with Gasteiger partial charge < -0.3 is 15.1 Å². The summed E-state index contributed by atoms with van der Waals surface area (Å²) in [5.41, 5.74) is 1.43. The highest BCUT2D eigenvalue weighted by Gasteiger charge is 2.15. The van der Waals surface area contributed by atoms with E-state index in [1.54, 1.807) is 18.4 Å². The second-order valence-electron chi connectivity index (χ2n) is 4.68. The van der Waals surface area contributed by atoms with Gasteiger partial charge in [-0.1, -0.05) is 0 Å². The van der Waals surface area contributed by atoms with Crippen molar-refractivity contribution in [2.24, 2.45) is 0 Å². The molecule has 0 saturated carbocycles. The lowest BCUT2D eigenvalue weighted by atomic mass is 10.2. The fraction of sp³-hybridized carbons (Fsp3) is 0.200. The number of fused-ring (bicyclic) bond motifs is 1. The molecular formula is C15H14N2O3S. The normalized spacial score (nSPS) is 13.4. The summed E-state index contributed by atoms with van der Waals surface area (Å²) < 4.78 is 5.19. The van der Waals surface area contributed by atoms with E-state index >= 15 is 0 Å². The minimum atomic E-state index is -0.0823. The Morgan fingerprint density at radius 1 is 1.38 bits per heavy atom. The third-order valence-electron chi connectivity index (χ3n) is 3.07. The zero-order valence-corrected chi connectivity index (χ0v) is 12.0. The molecular weight excluding hydrogens is 288 g/mol. The number of hydrogen-bond donors (Lipinski definition) is 2. The van der Waals surface area contributed by atoms with Gasteiger partial charge in [0.05, 0.1) is 17.7 Å². The molecule has 0 radical (unpaired) electrons. The van der Waals surface area contributed by atoms with Crippen LogP contribution in [0.5, 0.6) is 0 Å². The molecule has 0 spiro atoms. The first-order valence-electron chi connectivity index (χ1n) is 6.59. The Morgan fingerprint density at radius 2 is 2.29 bits per heavy atom. The van der Waals surface area contributed by atoms with Crippen LogP contribution >= 0.6 is 11.8 Å². The van der Waals surface area contributed by atoms with Gasteiger partial charge in [-0.25, -0.2) is 0 Å². The number of benzene rings is 1. The molecule has 0 unspecified atom stereocenters. The van der Waals surface area contributed by atoms with Crippen LogP contribution in [0.3, 0.4) is 0 Å². The Morgan fingerprint density at radius 3 is 3.10 bits per heavy atom. The number of amides is 2. The molecule has 1 aliphatic heterocycles. The molecule has 2 N–H and O–H groups in total. The van der Waals surface area contributed by atoms with Crippen molar-refractivity contribution >= 4 is 35.0 Å². The monoisotopic (exact) mass is 302 g/mol. The van der Waals surface area contributed by atoms with Gasteiger partial charge in [0.15, 0.2) is 0 Å². The summed E-state index contributed by atoms with van der Waals surface area (Å²) in [6.45, 7) is 0. The molecule has 0 saturated heterocycles. The van der Waals surface area contributed by atoms with Crippen molar-refractivity contribution in [1.29, 1.82) is 0 Å². The molecule has 21 heavy (non-hydrogen) atoms. The van der Waals surface area contributed by atoms with Gasteiger partial charge in [-0.15, -0.1) is 11.8 Å². The lowest BCUT2D eigenvalue weighted by molar-refractivity contribution is -0.116. The van der Waals surface area contributed by atoms with Gasteiger partial charge in [0, 0.05) is 23.4 Å². The summed E-state index contributed by atoms with van der Waals surface area (Å²) in [4.78, 5) is 24.3. The van der Waals surface area contributed by atoms with E-state index in [0.29, 0.717) is 24.3 Å². The number of carbonyl (C=O) groups excluding carboxylic acids is 2. The predicted octanol–water partition coefficient (Wildman–Crippen LogP) is 2.90. The summed E-state index contributed by atoms with van der Waals surface area (Å²) in [5, 5.41) is 5.63. The molecule has 0 fully saturated rings. The number of carbonyl (C=O) groups is 2. The maximum atomic E-state index is 11.9. The van der Waals surface area contributed by atoms with Crippen LogP contribution in [0, 0.1) is 0 Å². The fourth-order valence-corrected chi connectivity index (χ4v) is 2.86. The highest BCUT2D eigenvalue weighted by molar-refractivity contribution is 8.00. The van der Waals surface area contributed by atoms with Crippen LogP contribution in [-0.2, 0) is 16.0 Å². The predicted molar refractivity (Wildman–Crippen MR) is 81.5 cm³/mol. The Kier molecular flexibility index (Phi) is 3.96. The van der Waals surface area contributed by atoms with Gasteiger partial charge in [0.1, 0.15) is 5.76 Å². The first-order valence-corrected chi connectivity index (χ1v) is 7.58. The number of hydrogen-bond acceptors (Lipinski definition) is 4. The van der Waals surface area contributed by atoms with Gasteiger partial charge in [-0.3, -0.25) is 9.59 Å². The van der Waals surface area contributed by atoms with Crippen LogP contribution < -0.4 is 10.6 Å². The summed E-state index contributed by atoms with van der Waals surface area (Å²) in [6.07, 6.45) is 2.51. The lowest BCUT2D eigenvalue weighted by Gasteiger charge is -2.17. The van der Waals surface area contributed by atoms with Crippen LogP contribution in [0.15, 0.2) is 45.9 Å². The van der Waals surface area contributed by atoms with Crippen molar-refractivity contribution < 1.29 is 14.0 Å². The van der Waals surface area contributed by atoms with E-state index < -0.39 is 0 Å². The van der Waals surface area contributed by atoms with E-state index in [0.717, 1.165) is 16.3 Å². The number of anilines is 2. The molecule has 0 atom stereocenters. The zero-order valence-electron chi connectivity index (χ0n) is 11.2. The smallest absolute Gasteiger partial charge is 0.234 e.